The summed E-state index contributed by atoms with van der Waals surface area (Å²) in [5.41, 5.74) is -1.000. The van der Waals surface area contributed by atoms with Crippen LogP contribution in [0.2, 0.25) is 0 Å². The molecule has 0 aromatic carbocycles. The zero-order valence-electron chi connectivity index (χ0n) is 13.0. The Hall–Kier alpha value is -1.30. The van der Waals surface area contributed by atoms with Crippen LogP contribution < -0.4 is 0 Å². The molecule has 0 radical (unpaired) electrons. The standard InChI is InChI=1S/C15H26N2O4/c1-3-15(13(18)19)7-4-8-17(15)14(20)16-9-5-12(6-10-16)11-21-2/h12H,3-11H2,1-2H3,(H,18,19). The summed E-state index contributed by atoms with van der Waals surface area (Å²) in [4.78, 5) is 27.8. The van der Waals surface area contributed by atoms with Crippen molar-refractivity contribution in [3.8, 4) is 0 Å². The number of ether oxygens (including phenoxy) is 1. The van der Waals surface area contributed by atoms with E-state index in [9.17, 15) is 14.7 Å². The maximum absolute atomic E-state index is 12.7. The number of hydrogen-bond donors (Lipinski definition) is 1. The van der Waals surface area contributed by atoms with Crippen molar-refractivity contribution >= 4 is 12.0 Å². The molecule has 0 aromatic rings. The van der Waals surface area contributed by atoms with Gasteiger partial charge in [-0.2, -0.15) is 0 Å². The molecule has 21 heavy (non-hydrogen) atoms. The Kier molecular flexibility index (Phi) is 5.08. The third kappa shape index (κ3) is 3.00. The number of hydrogen-bond acceptors (Lipinski definition) is 3. The summed E-state index contributed by atoms with van der Waals surface area (Å²) in [6.45, 7) is 4.53. The van der Waals surface area contributed by atoms with Crippen molar-refractivity contribution in [1.82, 2.24) is 9.80 Å². The Morgan fingerprint density at radius 2 is 1.95 bits per heavy atom. The predicted octanol–water partition coefficient (Wildman–Crippen LogP) is 1.79. The highest BCUT2D eigenvalue weighted by Gasteiger charge is 2.49. The van der Waals surface area contributed by atoms with Crippen LogP contribution in [0.1, 0.15) is 39.0 Å². The lowest BCUT2D eigenvalue weighted by Gasteiger charge is -2.40. The SMILES string of the molecule is CCC1(C(=O)O)CCCN1C(=O)N1CCC(COC)CC1. The van der Waals surface area contributed by atoms with Crippen molar-refractivity contribution in [3.63, 3.8) is 0 Å². The highest BCUT2D eigenvalue weighted by molar-refractivity contribution is 5.87. The number of carbonyl (C=O) groups is 2. The first-order valence-electron chi connectivity index (χ1n) is 7.84. The van der Waals surface area contributed by atoms with Crippen LogP contribution in [-0.2, 0) is 9.53 Å². The Morgan fingerprint density at radius 1 is 1.29 bits per heavy atom. The van der Waals surface area contributed by atoms with Gasteiger partial charge in [-0.15, -0.1) is 0 Å². The van der Waals surface area contributed by atoms with Gasteiger partial charge in [0.1, 0.15) is 5.54 Å². The molecule has 0 saturated carbocycles. The van der Waals surface area contributed by atoms with E-state index in [2.05, 4.69) is 0 Å². The van der Waals surface area contributed by atoms with Crippen LogP contribution >= 0.6 is 0 Å². The second-order valence-electron chi connectivity index (χ2n) is 6.11. The van der Waals surface area contributed by atoms with Crippen molar-refractivity contribution in [2.24, 2.45) is 5.92 Å². The van der Waals surface area contributed by atoms with Crippen molar-refractivity contribution in [3.05, 3.63) is 0 Å². The van der Waals surface area contributed by atoms with E-state index in [1.807, 2.05) is 11.8 Å². The highest BCUT2D eigenvalue weighted by atomic mass is 16.5. The van der Waals surface area contributed by atoms with Crippen LogP contribution in [0.4, 0.5) is 4.79 Å². The van der Waals surface area contributed by atoms with E-state index in [1.165, 1.54) is 0 Å². The molecular formula is C15H26N2O4. The molecule has 0 bridgehead atoms. The monoisotopic (exact) mass is 298 g/mol. The van der Waals surface area contributed by atoms with Gasteiger partial charge in [-0.3, -0.25) is 0 Å². The zero-order chi connectivity index (χ0) is 15.5. The molecule has 120 valence electrons. The third-order valence-electron chi connectivity index (χ3n) is 4.99. The molecule has 0 aliphatic carbocycles. The summed E-state index contributed by atoms with van der Waals surface area (Å²) in [5.74, 6) is -0.363. The summed E-state index contributed by atoms with van der Waals surface area (Å²) in [7, 11) is 1.70. The maximum Gasteiger partial charge on any atom is 0.329 e. The van der Waals surface area contributed by atoms with Gasteiger partial charge in [0.15, 0.2) is 0 Å². The number of carbonyl (C=O) groups excluding carboxylic acids is 1. The van der Waals surface area contributed by atoms with Crippen LogP contribution in [0.15, 0.2) is 0 Å². The second kappa shape index (κ2) is 6.64. The molecule has 2 heterocycles. The summed E-state index contributed by atoms with van der Waals surface area (Å²) in [6.07, 6.45) is 3.66. The summed E-state index contributed by atoms with van der Waals surface area (Å²) < 4.78 is 5.17. The summed E-state index contributed by atoms with van der Waals surface area (Å²) in [6, 6.07) is -0.104. The minimum absolute atomic E-state index is 0.104. The second-order valence-corrected chi connectivity index (χ2v) is 6.11. The lowest BCUT2D eigenvalue weighted by atomic mass is 9.93. The van der Waals surface area contributed by atoms with Gasteiger partial charge in [-0.25, -0.2) is 9.59 Å². The third-order valence-corrected chi connectivity index (χ3v) is 4.99. The van der Waals surface area contributed by atoms with E-state index in [0.29, 0.717) is 38.4 Å². The average Bonchev–Trinajstić information content (AvgIpc) is 2.93. The van der Waals surface area contributed by atoms with Crippen LogP contribution in [0.3, 0.4) is 0 Å². The number of methoxy groups -OCH3 is 1. The lowest BCUT2D eigenvalue weighted by molar-refractivity contribution is -0.148. The van der Waals surface area contributed by atoms with Crippen LogP contribution in [0, 0.1) is 5.92 Å². The molecule has 2 aliphatic rings. The number of likely N-dealkylation sites (tertiary alicyclic amines) is 2. The molecule has 1 N–H and O–H groups in total. The number of amides is 2. The van der Waals surface area contributed by atoms with Gasteiger partial charge in [0.05, 0.1) is 0 Å². The van der Waals surface area contributed by atoms with E-state index in [1.54, 1.807) is 12.0 Å². The highest BCUT2D eigenvalue weighted by Crippen LogP contribution is 2.34. The Bertz CT molecular complexity index is 393. The molecule has 6 nitrogen and oxygen atoms in total. The van der Waals surface area contributed by atoms with E-state index in [0.717, 1.165) is 25.9 Å². The van der Waals surface area contributed by atoms with Crippen LogP contribution in [0.25, 0.3) is 0 Å². The largest absolute Gasteiger partial charge is 0.479 e. The Labute approximate surface area is 126 Å². The van der Waals surface area contributed by atoms with E-state index in [4.69, 9.17) is 4.74 Å². The number of aliphatic carboxylic acids is 1. The first-order valence-corrected chi connectivity index (χ1v) is 7.84. The summed E-state index contributed by atoms with van der Waals surface area (Å²) in [5, 5.41) is 9.56. The molecule has 2 saturated heterocycles. The Morgan fingerprint density at radius 3 is 2.48 bits per heavy atom. The number of rotatable bonds is 4. The smallest absolute Gasteiger partial charge is 0.329 e. The molecular weight excluding hydrogens is 272 g/mol. The van der Waals surface area contributed by atoms with Crippen molar-refractivity contribution in [2.75, 3.05) is 33.4 Å². The molecule has 2 amide bonds. The van der Waals surface area contributed by atoms with Crippen LogP contribution in [-0.4, -0.2) is 65.8 Å². The van der Waals surface area contributed by atoms with Gasteiger partial charge in [0.25, 0.3) is 0 Å². The van der Waals surface area contributed by atoms with Crippen LogP contribution in [0.5, 0.6) is 0 Å². The fourth-order valence-corrected chi connectivity index (χ4v) is 3.60. The molecule has 1 atom stereocenters. The minimum atomic E-state index is -1.000. The first-order chi connectivity index (χ1) is 10.0. The van der Waals surface area contributed by atoms with Gasteiger partial charge < -0.3 is 19.6 Å². The number of carboxylic acid groups (broad SMARTS) is 1. The normalized spacial score (nSPS) is 27.1. The predicted molar refractivity (Wildman–Crippen MR) is 78.2 cm³/mol. The molecule has 0 spiro atoms. The van der Waals surface area contributed by atoms with Gasteiger partial charge in [-0.1, -0.05) is 6.92 Å². The number of urea groups is 1. The minimum Gasteiger partial charge on any atom is -0.479 e. The zero-order valence-corrected chi connectivity index (χ0v) is 13.0. The van der Waals surface area contributed by atoms with Gasteiger partial charge in [0.2, 0.25) is 0 Å². The molecule has 0 aromatic heterocycles. The fraction of sp³-hybridized carbons (Fsp3) is 0.867. The van der Waals surface area contributed by atoms with Gasteiger partial charge in [-0.05, 0) is 38.0 Å². The molecule has 1 unspecified atom stereocenters. The van der Waals surface area contributed by atoms with Gasteiger partial charge in [0, 0.05) is 33.4 Å². The molecule has 2 fully saturated rings. The molecule has 2 rings (SSSR count). The topological polar surface area (TPSA) is 70.1 Å². The fourth-order valence-electron chi connectivity index (χ4n) is 3.60. The Balaban J connectivity index is 2.01. The lowest BCUT2D eigenvalue weighted by Crippen LogP contribution is -2.57. The maximum atomic E-state index is 12.7. The number of carboxylic acids is 1. The van der Waals surface area contributed by atoms with Crippen molar-refractivity contribution in [1.29, 1.82) is 0 Å². The average molecular weight is 298 g/mol. The van der Waals surface area contributed by atoms with E-state index >= 15 is 0 Å². The molecule has 2 aliphatic heterocycles. The first kappa shape index (κ1) is 16.1. The van der Waals surface area contributed by atoms with E-state index < -0.39 is 11.5 Å². The van der Waals surface area contributed by atoms with E-state index in [-0.39, 0.29) is 6.03 Å². The summed E-state index contributed by atoms with van der Waals surface area (Å²) >= 11 is 0. The number of nitrogens with zero attached hydrogens (tertiary/aromatic N) is 2. The van der Waals surface area contributed by atoms with Crippen molar-refractivity contribution in [2.45, 2.75) is 44.6 Å². The van der Waals surface area contributed by atoms with Crippen molar-refractivity contribution < 1.29 is 19.4 Å². The van der Waals surface area contributed by atoms with Gasteiger partial charge >= 0.3 is 12.0 Å². The number of piperidine rings is 1. The quantitative estimate of drug-likeness (QED) is 0.859. The molecule has 6 heteroatoms.